The molecule has 35 heavy (non-hydrogen) atoms. The molecule has 2 aliphatic heterocycles. The van der Waals surface area contributed by atoms with E-state index in [4.69, 9.17) is 4.74 Å². The molecule has 3 aromatic rings. The molecular weight excluding hydrogens is 446 g/mol. The molecule has 0 saturated heterocycles. The number of aliphatic hydroxyl groups excluding tert-OH is 1. The molecule has 2 aromatic heterocycles. The zero-order valence-corrected chi connectivity index (χ0v) is 20.2. The van der Waals surface area contributed by atoms with Crippen LogP contribution in [0.1, 0.15) is 12.0 Å². The highest BCUT2D eigenvalue weighted by Crippen LogP contribution is 2.25. The van der Waals surface area contributed by atoms with Crippen LogP contribution in [0.3, 0.4) is 0 Å². The zero-order chi connectivity index (χ0) is 24.8. The standard InChI is InChI=1S/C25H31N7O3/c1-31-11-4-12-32(2)24(34)21(16-33)27-15-18-13-19(6-7-22(18)35-3)29-25-26-10-9-20(30-25)17-5-8-23(31)28-14-17/h5-10,13-14,21,27,33H,4,11-12,15-16H2,1-3H3,(H,26,29,30)/t21-/m0/s1. The van der Waals surface area contributed by atoms with Gasteiger partial charge in [-0.25, -0.2) is 15.0 Å². The summed E-state index contributed by atoms with van der Waals surface area (Å²) in [5.41, 5.74) is 3.26. The van der Waals surface area contributed by atoms with E-state index in [2.05, 4.69) is 25.6 Å². The fourth-order valence-corrected chi connectivity index (χ4v) is 3.97. The maximum atomic E-state index is 12.9. The summed E-state index contributed by atoms with van der Waals surface area (Å²) in [6, 6.07) is 10.7. The highest BCUT2D eigenvalue weighted by molar-refractivity contribution is 5.81. The Hall–Kier alpha value is -3.76. The highest BCUT2D eigenvalue weighted by Gasteiger charge is 2.21. The molecule has 1 aromatic carbocycles. The first-order valence-corrected chi connectivity index (χ1v) is 11.5. The maximum Gasteiger partial charge on any atom is 0.241 e. The molecule has 0 radical (unpaired) electrons. The number of hydrogen-bond donors (Lipinski definition) is 3. The number of amides is 1. The van der Waals surface area contributed by atoms with Crippen LogP contribution in [0.2, 0.25) is 0 Å². The fourth-order valence-electron chi connectivity index (χ4n) is 3.97. The fraction of sp³-hybridized carbons (Fsp3) is 0.360. The van der Waals surface area contributed by atoms with Crippen LogP contribution in [0.4, 0.5) is 17.5 Å². The molecule has 0 unspecified atom stereocenters. The Bertz CT molecular complexity index is 1160. The highest BCUT2D eigenvalue weighted by atomic mass is 16.5. The predicted molar refractivity (Wildman–Crippen MR) is 135 cm³/mol. The molecule has 0 saturated carbocycles. The number of carbonyl (C=O) groups is 1. The lowest BCUT2D eigenvalue weighted by atomic mass is 10.1. The maximum absolute atomic E-state index is 12.9. The minimum Gasteiger partial charge on any atom is -0.496 e. The second kappa shape index (κ2) is 11.1. The number of benzene rings is 1. The van der Waals surface area contributed by atoms with Crippen LogP contribution < -0.4 is 20.3 Å². The minimum atomic E-state index is -0.723. The number of aromatic nitrogens is 3. The lowest BCUT2D eigenvalue weighted by molar-refractivity contribution is -0.133. The van der Waals surface area contributed by atoms with E-state index in [1.807, 2.05) is 48.3 Å². The van der Waals surface area contributed by atoms with Gasteiger partial charge in [-0.05, 0) is 42.8 Å². The van der Waals surface area contributed by atoms with E-state index in [1.54, 1.807) is 31.5 Å². The van der Waals surface area contributed by atoms with Crippen molar-refractivity contribution in [3.05, 3.63) is 54.4 Å². The van der Waals surface area contributed by atoms with E-state index in [1.165, 1.54) is 0 Å². The Morgan fingerprint density at radius 1 is 1.11 bits per heavy atom. The lowest BCUT2D eigenvalue weighted by Gasteiger charge is -2.25. The third-order valence-electron chi connectivity index (χ3n) is 6.01. The summed E-state index contributed by atoms with van der Waals surface area (Å²) in [5.74, 6) is 1.80. The topological polar surface area (TPSA) is 116 Å². The Morgan fingerprint density at radius 2 is 1.94 bits per heavy atom. The second-order valence-electron chi connectivity index (χ2n) is 8.47. The largest absolute Gasteiger partial charge is 0.496 e. The van der Waals surface area contributed by atoms with Gasteiger partial charge < -0.3 is 25.0 Å². The summed E-state index contributed by atoms with van der Waals surface area (Å²) < 4.78 is 5.50. The minimum absolute atomic E-state index is 0.162. The van der Waals surface area contributed by atoms with Gasteiger partial charge in [0.15, 0.2) is 0 Å². The van der Waals surface area contributed by atoms with Crippen LogP contribution in [-0.4, -0.2) is 77.8 Å². The molecular formula is C25H31N7O3. The molecule has 1 amide bonds. The first-order chi connectivity index (χ1) is 17.0. The molecule has 10 heteroatoms. The Labute approximate surface area is 205 Å². The lowest BCUT2D eigenvalue weighted by Crippen LogP contribution is -2.47. The van der Waals surface area contributed by atoms with Crippen molar-refractivity contribution in [2.45, 2.75) is 19.0 Å². The van der Waals surface area contributed by atoms with Crippen molar-refractivity contribution >= 4 is 23.4 Å². The average Bonchev–Trinajstić information content (AvgIpc) is 2.88. The molecule has 0 spiro atoms. The van der Waals surface area contributed by atoms with Crippen molar-refractivity contribution in [2.75, 3.05) is 51.1 Å². The second-order valence-corrected chi connectivity index (χ2v) is 8.47. The number of methoxy groups -OCH3 is 1. The average molecular weight is 478 g/mol. The van der Waals surface area contributed by atoms with Crippen LogP contribution in [-0.2, 0) is 11.3 Å². The Kier molecular flexibility index (Phi) is 7.74. The number of ether oxygens (including phenoxy) is 1. The molecule has 5 rings (SSSR count). The number of hydrogen-bond acceptors (Lipinski definition) is 9. The molecule has 4 heterocycles. The Balaban J connectivity index is 1.68. The zero-order valence-electron chi connectivity index (χ0n) is 20.2. The van der Waals surface area contributed by atoms with E-state index in [0.717, 1.165) is 41.3 Å². The molecule has 184 valence electrons. The van der Waals surface area contributed by atoms with Gasteiger partial charge in [0.2, 0.25) is 11.9 Å². The summed E-state index contributed by atoms with van der Waals surface area (Å²) >= 11 is 0. The van der Waals surface area contributed by atoms with Gasteiger partial charge in [-0.1, -0.05) is 0 Å². The summed E-state index contributed by atoms with van der Waals surface area (Å²) in [7, 11) is 5.33. The van der Waals surface area contributed by atoms with Crippen molar-refractivity contribution in [3.63, 3.8) is 0 Å². The van der Waals surface area contributed by atoms with Crippen molar-refractivity contribution in [2.24, 2.45) is 0 Å². The number of carbonyl (C=O) groups excluding carboxylic acids is 1. The van der Waals surface area contributed by atoms with Gasteiger partial charge in [-0.15, -0.1) is 0 Å². The summed E-state index contributed by atoms with van der Waals surface area (Å²) in [5, 5.41) is 16.3. The molecule has 0 fully saturated rings. The number of anilines is 3. The smallest absolute Gasteiger partial charge is 0.241 e. The van der Waals surface area contributed by atoms with Crippen LogP contribution in [0, 0.1) is 0 Å². The van der Waals surface area contributed by atoms with E-state index >= 15 is 0 Å². The molecule has 2 aliphatic rings. The van der Waals surface area contributed by atoms with Crippen molar-refractivity contribution in [3.8, 4) is 17.0 Å². The third kappa shape index (κ3) is 5.84. The Morgan fingerprint density at radius 3 is 2.69 bits per heavy atom. The number of pyridine rings is 1. The van der Waals surface area contributed by atoms with Crippen LogP contribution in [0.5, 0.6) is 5.75 Å². The first kappa shape index (κ1) is 24.4. The van der Waals surface area contributed by atoms with Gasteiger partial charge in [-0.3, -0.25) is 10.1 Å². The quantitative estimate of drug-likeness (QED) is 0.510. The normalized spacial score (nSPS) is 17.1. The van der Waals surface area contributed by atoms with E-state index in [9.17, 15) is 9.90 Å². The molecule has 0 aliphatic carbocycles. The van der Waals surface area contributed by atoms with Crippen LogP contribution in [0.25, 0.3) is 11.3 Å². The summed E-state index contributed by atoms with van der Waals surface area (Å²) in [4.78, 5) is 30.2. The number of nitrogens with zero attached hydrogens (tertiary/aromatic N) is 5. The van der Waals surface area contributed by atoms with E-state index < -0.39 is 6.04 Å². The van der Waals surface area contributed by atoms with Gasteiger partial charge >= 0.3 is 0 Å². The number of fused-ring (bicyclic) bond motifs is 10. The number of likely N-dealkylation sites (N-methyl/N-ethyl adjacent to an activating group) is 1. The SMILES string of the molecule is COc1ccc2cc1CN[C@@H](CO)C(=O)N(C)CCCN(C)c1ccc(cn1)-c1ccnc(n1)N2. The van der Waals surface area contributed by atoms with Crippen LogP contribution in [0.15, 0.2) is 48.8 Å². The molecule has 6 bridgehead atoms. The van der Waals surface area contributed by atoms with Gasteiger partial charge in [0.05, 0.1) is 19.4 Å². The van der Waals surface area contributed by atoms with Gasteiger partial charge in [0.1, 0.15) is 17.6 Å². The first-order valence-electron chi connectivity index (χ1n) is 11.5. The number of nitrogens with one attached hydrogen (secondary N) is 2. The summed E-state index contributed by atoms with van der Waals surface area (Å²) in [6.07, 6.45) is 4.27. The van der Waals surface area contributed by atoms with Crippen molar-refractivity contribution < 1.29 is 14.6 Å². The predicted octanol–water partition coefficient (Wildman–Crippen LogP) is 2.04. The van der Waals surface area contributed by atoms with Crippen molar-refractivity contribution in [1.82, 2.24) is 25.2 Å². The molecule has 10 nitrogen and oxygen atoms in total. The molecule has 3 N–H and O–H groups in total. The van der Waals surface area contributed by atoms with Gasteiger partial charge in [-0.2, -0.15) is 0 Å². The number of aliphatic hydroxyl groups is 1. The van der Waals surface area contributed by atoms with Gasteiger partial charge in [0, 0.05) is 62.9 Å². The van der Waals surface area contributed by atoms with E-state index in [-0.39, 0.29) is 12.5 Å². The summed E-state index contributed by atoms with van der Waals surface area (Å²) in [6.45, 7) is 1.32. The molecule has 1 atom stereocenters. The van der Waals surface area contributed by atoms with Crippen LogP contribution >= 0.6 is 0 Å². The third-order valence-corrected chi connectivity index (χ3v) is 6.01. The monoisotopic (exact) mass is 477 g/mol. The van der Waals surface area contributed by atoms with E-state index in [0.29, 0.717) is 24.8 Å². The van der Waals surface area contributed by atoms with Gasteiger partial charge in [0.25, 0.3) is 0 Å². The number of rotatable bonds is 2. The van der Waals surface area contributed by atoms with Crippen molar-refractivity contribution in [1.29, 1.82) is 0 Å².